The lowest BCUT2D eigenvalue weighted by atomic mass is 9.97. The average Bonchev–Trinajstić information content (AvgIpc) is 3.30. The van der Waals surface area contributed by atoms with Gasteiger partial charge in [0.25, 0.3) is 0 Å². The number of rotatable bonds is 4. The molecule has 2 saturated heterocycles. The van der Waals surface area contributed by atoms with Crippen LogP contribution in [-0.4, -0.2) is 47.9 Å². The van der Waals surface area contributed by atoms with E-state index in [0.29, 0.717) is 12.3 Å². The molecule has 2 aromatic rings. The van der Waals surface area contributed by atoms with Crippen molar-refractivity contribution >= 4 is 17.6 Å². The lowest BCUT2D eigenvalue weighted by Crippen LogP contribution is -2.48. The number of nitrogens with one attached hydrogen (secondary N) is 1. The summed E-state index contributed by atoms with van der Waals surface area (Å²) in [6, 6.07) is 17.0. The molecule has 29 heavy (non-hydrogen) atoms. The van der Waals surface area contributed by atoms with Gasteiger partial charge in [-0.2, -0.15) is 0 Å². The van der Waals surface area contributed by atoms with Gasteiger partial charge in [-0.25, -0.2) is 4.79 Å². The van der Waals surface area contributed by atoms with E-state index in [0.717, 1.165) is 56.8 Å². The monoisotopic (exact) mass is 393 g/mol. The van der Waals surface area contributed by atoms with Gasteiger partial charge in [0.05, 0.1) is 5.92 Å². The maximum Gasteiger partial charge on any atom is 0.320 e. The number of carbonyl (C=O) groups excluding carboxylic acids is 2. The van der Waals surface area contributed by atoms with E-state index in [1.54, 1.807) is 0 Å². The van der Waals surface area contributed by atoms with E-state index >= 15 is 0 Å². The van der Waals surface area contributed by atoms with Crippen LogP contribution in [0.5, 0.6) is 11.5 Å². The fourth-order valence-electron chi connectivity index (χ4n) is 3.95. The van der Waals surface area contributed by atoms with Crippen LogP contribution in [0.4, 0.5) is 10.5 Å². The van der Waals surface area contributed by atoms with Crippen LogP contribution in [0.3, 0.4) is 0 Å². The Bertz CT molecular complexity index is 832. The van der Waals surface area contributed by atoms with Crippen molar-refractivity contribution in [3.63, 3.8) is 0 Å². The molecular formula is C23H27N3O3. The van der Waals surface area contributed by atoms with Crippen molar-refractivity contribution in [1.29, 1.82) is 0 Å². The van der Waals surface area contributed by atoms with Crippen molar-refractivity contribution < 1.29 is 14.3 Å². The molecule has 0 aliphatic carbocycles. The second kappa shape index (κ2) is 8.99. The Morgan fingerprint density at radius 3 is 2.21 bits per heavy atom. The first-order valence-electron chi connectivity index (χ1n) is 10.4. The number of benzene rings is 2. The molecule has 6 nitrogen and oxygen atoms in total. The molecule has 0 bridgehead atoms. The lowest BCUT2D eigenvalue weighted by molar-refractivity contribution is -0.121. The summed E-state index contributed by atoms with van der Waals surface area (Å²) in [5, 5.41) is 2.99. The molecule has 2 heterocycles. The fourth-order valence-corrected chi connectivity index (χ4v) is 3.95. The minimum absolute atomic E-state index is 0.0272. The molecule has 1 N–H and O–H groups in total. The number of carbonyl (C=O) groups is 2. The summed E-state index contributed by atoms with van der Waals surface area (Å²) in [7, 11) is 0. The largest absolute Gasteiger partial charge is 0.457 e. The Labute approximate surface area is 171 Å². The van der Waals surface area contributed by atoms with Crippen LogP contribution in [0.25, 0.3) is 0 Å². The van der Waals surface area contributed by atoms with Crippen molar-refractivity contribution in [2.45, 2.75) is 25.7 Å². The van der Waals surface area contributed by atoms with Crippen molar-refractivity contribution in [2.75, 3.05) is 31.5 Å². The lowest BCUT2D eigenvalue weighted by Gasteiger charge is -2.34. The maximum absolute atomic E-state index is 12.7. The summed E-state index contributed by atoms with van der Waals surface area (Å²) in [5.41, 5.74) is 0.735. The Morgan fingerprint density at radius 1 is 0.828 bits per heavy atom. The minimum atomic E-state index is -0.171. The molecule has 0 radical (unpaired) electrons. The van der Waals surface area contributed by atoms with Gasteiger partial charge in [-0.15, -0.1) is 0 Å². The first kappa shape index (κ1) is 19.3. The van der Waals surface area contributed by atoms with Crippen LogP contribution in [-0.2, 0) is 4.79 Å². The summed E-state index contributed by atoms with van der Waals surface area (Å²) < 4.78 is 5.78. The van der Waals surface area contributed by atoms with Gasteiger partial charge in [0.1, 0.15) is 11.5 Å². The average molecular weight is 393 g/mol. The zero-order chi connectivity index (χ0) is 20.1. The molecule has 2 aliphatic heterocycles. The van der Waals surface area contributed by atoms with E-state index in [4.69, 9.17) is 4.74 Å². The molecule has 0 aromatic heterocycles. The molecule has 0 unspecified atom stereocenters. The van der Waals surface area contributed by atoms with E-state index in [2.05, 4.69) is 5.32 Å². The summed E-state index contributed by atoms with van der Waals surface area (Å²) in [6.45, 7) is 2.91. The number of hydrogen-bond donors (Lipinski definition) is 1. The van der Waals surface area contributed by atoms with Crippen molar-refractivity contribution in [3.05, 3.63) is 54.6 Å². The number of urea groups is 1. The Kier molecular flexibility index (Phi) is 5.98. The second-order valence-corrected chi connectivity index (χ2v) is 7.69. The van der Waals surface area contributed by atoms with Gasteiger partial charge in [0.15, 0.2) is 0 Å². The van der Waals surface area contributed by atoms with Gasteiger partial charge in [-0.1, -0.05) is 18.2 Å². The zero-order valence-electron chi connectivity index (χ0n) is 16.5. The van der Waals surface area contributed by atoms with Gasteiger partial charge in [0.2, 0.25) is 5.91 Å². The Morgan fingerprint density at radius 2 is 1.48 bits per heavy atom. The molecule has 4 rings (SSSR count). The number of para-hydroxylation sites is 1. The highest BCUT2D eigenvalue weighted by molar-refractivity contribution is 5.93. The van der Waals surface area contributed by atoms with Crippen LogP contribution in [0, 0.1) is 5.92 Å². The third-order valence-electron chi connectivity index (χ3n) is 5.54. The number of piperidine rings is 1. The van der Waals surface area contributed by atoms with Gasteiger partial charge >= 0.3 is 6.03 Å². The molecule has 1 atom stereocenters. The zero-order valence-corrected chi connectivity index (χ0v) is 16.5. The van der Waals surface area contributed by atoms with Crippen LogP contribution in [0.2, 0.25) is 0 Å². The molecule has 0 saturated carbocycles. The van der Waals surface area contributed by atoms with E-state index in [-0.39, 0.29) is 17.9 Å². The number of ether oxygens (including phenoxy) is 1. The highest BCUT2D eigenvalue weighted by atomic mass is 16.5. The van der Waals surface area contributed by atoms with Crippen molar-refractivity contribution in [2.24, 2.45) is 5.92 Å². The molecule has 3 amide bonds. The summed E-state index contributed by atoms with van der Waals surface area (Å²) in [6.07, 6.45) is 3.83. The van der Waals surface area contributed by atoms with Crippen LogP contribution < -0.4 is 10.1 Å². The van der Waals surface area contributed by atoms with E-state index in [9.17, 15) is 9.59 Å². The van der Waals surface area contributed by atoms with Crippen molar-refractivity contribution in [3.8, 4) is 11.5 Å². The number of likely N-dealkylation sites (tertiary alicyclic amines) is 2. The predicted molar refractivity (Wildman–Crippen MR) is 112 cm³/mol. The molecule has 152 valence electrons. The number of anilines is 1. The minimum Gasteiger partial charge on any atom is -0.457 e. The van der Waals surface area contributed by atoms with Gasteiger partial charge < -0.3 is 19.9 Å². The van der Waals surface area contributed by atoms with E-state index in [1.807, 2.05) is 64.4 Å². The highest BCUT2D eigenvalue weighted by Gasteiger charge is 2.31. The van der Waals surface area contributed by atoms with E-state index < -0.39 is 0 Å². The summed E-state index contributed by atoms with van der Waals surface area (Å²) in [4.78, 5) is 29.1. The number of hydrogen-bond acceptors (Lipinski definition) is 3. The SMILES string of the molecule is O=C(Nc1ccc(Oc2ccccc2)cc1)[C@H]1CCCN(C(=O)N2CCCC2)C1. The topological polar surface area (TPSA) is 61.9 Å². The summed E-state index contributed by atoms with van der Waals surface area (Å²) >= 11 is 0. The highest BCUT2D eigenvalue weighted by Crippen LogP contribution is 2.24. The molecule has 0 spiro atoms. The Hall–Kier alpha value is -3.02. The first-order valence-corrected chi connectivity index (χ1v) is 10.4. The van der Waals surface area contributed by atoms with Gasteiger partial charge in [-0.05, 0) is 62.1 Å². The third-order valence-corrected chi connectivity index (χ3v) is 5.54. The van der Waals surface area contributed by atoms with Crippen LogP contribution in [0.15, 0.2) is 54.6 Å². The predicted octanol–water partition coefficient (Wildman–Crippen LogP) is 4.35. The standard InChI is InChI=1S/C23H27N3O3/c27-22(18-7-6-16-26(17-18)23(28)25-14-4-5-15-25)24-19-10-12-21(13-11-19)29-20-8-2-1-3-9-20/h1-3,8-13,18H,4-7,14-17H2,(H,24,27)/t18-/m0/s1. The molecule has 2 aromatic carbocycles. The van der Waals surface area contributed by atoms with Crippen LogP contribution in [0.1, 0.15) is 25.7 Å². The van der Waals surface area contributed by atoms with Crippen LogP contribution >= 0.6 is 0 Å². The molecule has 2 fully saturated rings. The first-order chi connectivity index (χ1) is 14.2. The third kappa shape index (κ3) is 4.88. The van der Waals surface area contributed by atoms with Gasteiger partial charge in [-0.3, -0.25) is 4.79 Å². The second-order valence-electron chi connectivity index (χ2n) is 7.69. The molecule has 6 heteroatoms. The smallest absolute Gasteiger partial charge is 0.320 e. The van der Waals surface area contributed by atoms with Gasteiger partial charge in [0, 0.05) is 31.9 Å². The quantitative estimate of drug-likeness (QED) is 0.840. The maximum atomic E-state index is 12.7. The normalized spacial score (nSPS) is 19.1. The fraction of sp³-hybridized carbons (Fsp3) is 0.391. The molecule has 2 aliphatic rings. The number of nitrogens with zero attached hydrogens (tertiary/aromatic N) is 2. The Balaban J connectivity index is 1.32. The van der Waals surface area contributed by atoms with E-state index in [1.165, 1.54) is 0 Å². The molecular weight excluding hydrogens is 366 g/mol. The number of amides is 3. The summed E-state index contributed by atoms with van der Waals surface area (Å²) in [5.74, 6) is 1.29. The van der Waals surface area contributed by atoms with Crippen molar-refractivity contribution in [1.82, 2.24) is 9.80 Å².